The van der Waals surface area contributed by atoms with E-state index in [1.54, 1.807) is 4.90 Å². The Morgan fingerprint density at radius 1 is 1.29 bits per heavy atom. The summed E-state index contributed by atoms with van der Waals surface area (Å²) in [5.74, 6) is 0. The van der Waals surface area contributed by atoms with Crippen molar-refractivity contribution in [3.8, 4) is 0 Å². The molecule has 0 radical (unpaired) electrons. The fourth-order valence-electron chi connectivity index (χ4n) is 2.04. The van der Waals surface area contributed by atoms with Crippen LogP contribution in [0.1, 0.15) is 46.6 Å². The van der Waals surface area contributed by atoms with Gasteiger partial charge in [0.15, 0.2) is 0 Å². The Labute approximate surface area is 128 Å². The number of benzene rings is 1. The lowest BCUT2D eigenvalue weighted by Gasteiger charge is -2.27. The topological polar surface area (TPSA) is 41.6 Å². The quantitative estimate of drug-likeness (QED) is 0.851. The number of carbonyl (C=O) groups is 1. The van der Waals surface area contributed by atoms with Crippen molar-refractivity contribution >= 4 is 11.8 Å². The smallest absolute Gasteiger partial charge is 0.410 e. The molecule has 118 valence electrons. The van der Waals surface area contributed by atoms with Crippen LogP contribution >= 0.6 is 0 Å². The van der Waals surface area contributed by atoms with Crippen molar-refractivity contribution in [1.82, 2.24) is 4.90 Å². The molecule has 0 aromatic heterocycles. The van der Waals surface area contributed by atoms with E-state index in [4.69, 9.17) is 4.74 Å². The third kappa shape index (κ3) is 6.52. The van der Waals surface area contributed by atoms with E-state index in [0.717, 1.165) is 24.2 Å². The van der Waals surface area contributed by atoms with E-state index in [1.165, 1.54) is 0 Å². The second-order valence-corrected chi connectivity index (χ2v) is 6.13. The molecule has 1 rings (SSSR count). The van der Waals surface area contributed by atoms with Gasteiger partial charge >= 0.3 is 6.09 Å². The monoisotopic (exact) mass is 292 g/mol. The zero-order chi connectivity index (χ0) is 15.9. The van der Waals surface area contributed by atoms with E-state index in [0.29, 0.717) is 13.1 Å². The SMILES string of the molecule is CCCN(Cc1cccc(NCC)c1)C(=O)OC(C)(C)C. The summed E-state index contributed by atoms with van der Waals surface area (Å²) in [6, 6.07) is 8.15. The largest absolute Gasteiger partial charge is 0.444 e. The molecule has 0 aliphatic rings. The molecule has 0 unspecified atom stereocenters. The molecule has 4 nitrogen and oxygen atoms in total. The first-order chi connectivity index (χ1) is 9.85. The van der Waals surface area contributed by atoms with Crippen LogP contribution in [0.4, 0.5) is 10.5 Å². The van der Waals surface area contributed by atoms with Crippen LogP contribution in [0.2, 0.25) is 0 Å². The maximum atomic E-state index is 12.3. The second-order valence-electron chi connectivity index (χ2n) is 6.13. The number of ether oxygens (including phenoxy) is 1. The number of hydrogen-bond donors (Lipinski definition) is 1. The zero-order valence-corrected chi connectivity index (χ0v) is 13.9. The van der Waals surface area contributed by atoms with Gasteiger partial charge in [-0.3, -0.25) is 0 Å². The minimum Gasteiger partial charge on any atom is -0.444 e. The van der Waals surface area contributed by atoms with Gasteiger partial charge in [-0.1, -0.05) is 19.1 Å². The standard InChI is InChI=1S/C17H28N2O2/c1-6-11-19(16(20)21-17(3,4)5)13-14-9-8-10-15(12-14)18-7-2/h8-10,12,18H,6-7,11,13H2,1-5H3. The van der Waals surface area contributed by atoms with Crippen LogP contribution < -0.4 is 5.32 Å². The van der Waals surface area contributed by atoms with Crippen molar-refractivity contribution < 1.29 is 9.53 Å². The summed E-state index contributed by atoms with van der Waals surface area (Å²) in [6.45, 7) is 11.9. The highest BCUT2D eigenvalue weighted by molar-refractivity contribution is 5.68. The van der Waals surface area contributed by atoms with Gasteiger partial charge in [0.05, 0.1) is 0 Å². The molecule has 0 atom stereocenters. The third-order valence-electron chi connectivity index (χ3n) is 2.83. The minimum atomic E-state index is -0.464. The normalized spacial score (nSPS) is 11.1. The molecule has 0 spiro atoms. The van der Waals surface area contributed by atoms with E-state index < -0.39 is 5.60 Å². The van der Waals surface area contributed by atoms with Crippen molar-refractivity contribution in [3.63, 3.8) is 0 Å². The lowest BCUT2D eigenvalue weighted by molar-refractivity contribution is 0.0233. The highest BCUT2D eigenvalue weighted by Crippen LogP contribution is 2.16. The highest BCUT2D eigenvalue weighted by atomic mass is 16.6. The Morgan fingerprint density at radius 2 is 2.00 bits per heavy atom. The van der Waals surface area contributed by atoms with Crippen LogP contribution in [0, 0.1) is 0 Å². The Kier molecular flexibility index (Phi) is 6.53. The van der Waals surface area contributed by atoms with Gasteiger partial charge in [0.2, 0.25) is 0 Å². The van der Waals surface area contributed by atoms with Crippen molar-refractivity contribution in [2.24, 2.45) is 0 Å². The molecular formula is C17H28N2O2. The molecule has 21 heavy (non-hydrogen) atoms. The first-order valence-corrected chi connectivity index (χ1v) is 7.66. The van der Waals surface area contributed by atoms with Crippen LogP contribution in [-0.4, -0.2) is 29.7 Å². The van der Waals surface area contributed by atoms with Gasteiger partial charge < -0.3 is 15.0 Å². The third-order valence-corrected chi connectivity index (χ3v) is 2.83. The fraction of sp³-hybridized carbons (Fsp3) is 0.588. The number of amides is 1. The predicted molar refractivity (Wildman–Crippen MR) is 87.5 cm³/mol. The van der Waals surface area contributed by atoms with Gasteiger partial charge in [-0.05, 0) is 51.8 Å². The van der Waals surface area contributed by atoms with Crippen LogP contribution in [0.15, 0.2) is 24.3 Å². The van der Waals surface area contributed by atoms with Crippen molar-refractivity contribution in [1.29, 1.82) is 0 Å². The number of nitrogens with zero attached hydrogens (tertiary/aromatic N) is 1. The maximum Gasteiger partial charge on any atom is 0.410 e. The first-order valence-electron chi connectivity index (χ1n) is 7.66. The van der Waals surface area contributed by atoms with E-state index in [-0.39, 0.29) is 6.09 Å². The van der Waals surface area contributed by atoms with Crippen LogP contribution in [0.3, 0.4) is 0 Å². The molecule has 4 heteroatoms. The lowest BCUT2D eigenvalue weighted by Crippen LogP contribution is -2.36. The average molecular weight is 292 g/mol. The van der Waals surface area contributed by atoms with Gasteiger partial charge in [-0.2, -0.15) is 0 Å². The molecule has 0 aliphatic carbocycles. The summed E-state index contributed by atoms with van der Waals surface area (Å²) in [5.41, 5.74) is 1.72. The molecule has 0 bridgehead atoms. The molecule has 0 saturated carbocycles. The van der Waals surface area contributed by atoms with Crippen molar-refractivity contribution in [2.75, 3.05) is 18.4 Å². The highest BCUT2D eigenvalue weighted by Gasteiger charge is 2.21. The van der Waals surface area contributed by atoms with Gasteiger partial charge in [0.25, 0.3) is 0 Å². The molecule has 0 saturated heterocycles. The van der Waals surface area contributed by atoms with E-state index in [1.807, 2.05) is 39.0 Å². The molecular weight excluding hydrogens is 264 g/mol. The number of hydrogen-bond acceptors (Lipinski definition) is 3. The fourth-order valence-corrected chi connectivity index (χ4v) is 2.04. The minimum absolute atomic E-state index is 0.252. The molecule has 1 N–H and O–H groups in total. The lowest BCUT2D eigenvalue weighted by atomic mass is 10.2. The van der Waals surface area contributed by atoms with Crippen LogP contribution in [0.25, 0.3) is 0 Å². The van der Waals surface area contributed by atoms with E-state index >= 15 is 0 Å². The van der Waals surface area contributed by atoms with Crippen molar-refractivity contribution in [3.05, 3.63) is 29.8 Å². The number of anilines is 1. The van der Waals surface area contributed by atoms with Gasteiger partial charge in [-0.25, -0.2) is 4.79 Å². The maximum absolute atomic E-state index is 12.3. The average Bonchev–Trinajstić information content (AvgIpc) is 2.37. The second kappa shape index (κ2) is 7.91. The Hall–Kier alpha value is -1.71. The molecule has 0 fully saturated rings. The Morgan fingerprint density at radius 3 is 2.57 bits per heavy atom. The molecule has 1 amide bonds. The summed E-state index contributed by atoms with van der Waals surface area (Å²) in [4.78, 5) is 14.0. The molecule has 1 aromatic rings. The van der Waals surface area contributed by atoms with Gasteiger partial charge in [-0.15, -0.1) is 0 Å². The van der Waals surface area contributed by atoms with Gasteiger partial charge in [0.1, 0.15) is 5.60 Å². The zero-order valence-electron chi connectivity index (χ0n) is 13.9. The van der Waals surface area contributed by atoms with E-state index in [9.17, 15) is 4.79 Å². The Bertz CT molecular complexity index is 452. The van der Waals surface area contributed by atoms with Crippen LogP contribution in [0.5, 0.6) is 0 Å². The molecule has 0 heterocycles. The van der Waals surface area contributed by atoms with E-state index in [2.05, 4.69) is 25.2 Å². The molecule has 1 aromatic carbocycles. The summed E-state index contributed by atoms with van der Waals surface area (Å²) in [7, 11) is 0. The summed E-state index contributed by atoms with van der Waals surface area (Å²) in [5, 5.41) is 3.29. The predicted octanol–water partition coefficient (Wildman–Crippen LogP) is 4.27. The summed E-state index contributed by atoms with van der Waals surface area (Å²) >= 11 is 0. The molecule has 0 aliphatic heterocycles. The summed E-state index contributed by atoms with van der Waals surface area (Å²) < 4.78 is 5.47. The number of nitrogens with one attached hydrogen (secondary N) is 1. The number of rotatable bonds is 6. The van der Waals surface area contributed by atoms with Gasteiger partial charge in [0, 0.05) is 25.3 Å². The number of carbonyl (C=O) groups excluding carboxylic acids is 1. The summed E-state index contributed by atoms with van der Waals surface area (Å²) in [6.07, 6.45) is 0.657. The van der Waals surface area contributed by atoms with Crippen molar-refractivity contribution in [2.45, 2.75) is 53.2 Å². The Balaban J connectivity index is 2.78. The first kappa shape index (κ1) is 17.3. The van der Waals surface area contributed by atoms with Crippen LogP contribution in [-0.2, 0) is 11.3 Å².